The van der Waals surface area contributed by atoms with Gasteiger partial charge in [-0.05, 0) is 51.4 Å². The largest absolute Gasteiger partial charge is 0.472 e. The van der Waals surface area contributed by atoms with E-state index in [1.165, 1.54) is 109 Å². The van der Waals surface area contributed by atoms with E-state index in [9.17, 15) is 14.3 Å². The number of allylic oxidation sites excluding steroid dienone is 8. The number of ether oxygens (including phenoxy) is 2. The van der Waals surface area contributed by atoms with Crippen molar-refractivity contribution in [3.63, 3.8) is 0 Å². The van der Waals surface area contributed by atoms with Crippen molar-refractivity contribution in [1.29, 1.82) is 0 Å². The molecule has 0 heterocycles. The average molecular weight is 768 g/mol. The predicted molar refractivity (Wildman–Crippen MR) is 224 cm³/mol. The Morgan fingerprint density at radius 1 is 0.585 bits per heavy atom. The van der Waals surface area contributed by atoms with Gasteiger partial charge in [-0.1, -0.05) is 178 Å². The highest BCUT2D eigenvalue weighted by atomic mass is 31.2. The van der Waals surface area contributed by atoms with Crippen LogP contribution in [0, 0.1) is 0 Å². The van der Waals surface area contributed by atoms with Gasteiger partial charge in [0.2, 0.25) is 0 Å². The minimum absolute atomic E-state index is 0.0964. The zero-order chi connectivity index (χ0) is 38.8. The minimum atomic E-state index is -4.27. The third kappa shape index (κ3) is 41.5. The number of hydrogen-bond acceptors (Lipinski definition) is 7. The number of esters is 1. The Morgan fingerprint density at radius 3 is 1.58 bits per heavy atom. The minimum Gasteiger partial charge on any atom is -0.457 e. The Labute approximate surface area is 326 Å². The number of carbonyl (C=O) groups excluding carboxylic acids is 1. The third-order valence-electron chi connectivity index (χ3n) is 9.01. The molecule has 0 aromatic carbocycles. The molecule has 2 atom stereocenters. The summed E-state index contributed by atoms with van der Waals surface area (Å²) in [5, 5.41) is 0. The summed E-state index contributed by atoms with van der Waals surface area (Å²) in [6.45, 7) is 4.81. The van der Waals surface area contributed by atoms with Gasteiger partial charge in [0.25, 0.3) is 0 Å². The van der Waals surface area contributed by atoms with Gasteiger partial charge in [0.15, 0.2) is 0 Å². The highest BCUT2D eigenvalue weighted by Crippen LogP contribution is 2.43. The van der Waals surface area contributed by atoms with Crippen molar-refractivity contribution in [2.75, 3.05) is 33.0 Å². The molecule has 0 aliphatic rings. The molecule has 0 rings (SSSR count). The van der Waals surface area contributed by atoms with Gasteiger partial charge in [-0.2, -0.15) is 0 Å². The SMILES string of the molecule is CC/C=C\C/C=C\C/C=C\C/C=C\CCCCCCCCCCCCC(=O)OC(COCCCCCCCCCCCCC)COP(=O)(O)OCCN. The second-order valence-electron chi connectivity index (χ2n) is 14.2. The van der Waals surface area contributed by atoms with Gasteiger partial charge in [-0.3, -0.25) is 13.8 Å². The first-order valence-corrected chi connectivity index (χ1v) is 23.1. The summed E-state index contributed by atoms with van der Waals surface area (Å²) in [5.41, 5.74) is 5.36. The Balaban J connectivity index is 3.97. The van der Waals surface area contributed by atoms with Crippen LogP contribution in [-0.4, -0.2) is 49.9 Å². The number of phosphoric acid groups is 1. The molecule has 2 unspecified atom stereocenters. The van der Waals surface area contributed by atoms with Gasteiger partial charge in [-0.25, -0.2) is 4.57 Å². The lowest BCUT2D eigenvalue weighted by molar-refractivity contribution is -0.154. The molecule has 0 aromatic rings. The van der Waals surface area contributed by atoms with Gasteiger partial charge in [-0.15, -0.1) is 0 Å². The Hall–Kier alpha value is -1.54. The lowest BCUT2D eigenvalue weighted by atomic mass is 10.0. The molecular formula is C44H82NO7P. The molecule has 3 N–H and O–H groups in total. The maximum absolute atomic E-state index is 12.6. The van der Waals surface area contributed by atoms with Gasteiger partial charge in [0.05, 0.1) is 19.8 Å². The smallest absolute Gasteiger partial charge is 0.457 e. The number of phosphoric ester groups is 1. The van der Waals surface area contributed by atoms with Gasteiger partial charge >= 0.3 is 13.8 Å². The lowest BCUT2D eigenvalue weighted by Crippen LogP contribution is -2.28. The van der Waals surface area contributed by atoms with Crippen LogP contribution < -0.4 is 5.73 Å². The van der Waals surface area contributed by atoms with Crippen molar-refractivity contribution in [2.24, 2.45) is 5.73 Å². The maximum atomic E-state index is 12.6. The molecule has 0 bridgehead atoms. The molecule has 0 amide bonds. The van der Waals surface area contributed by atoms with E-state index in [2.05, 4.69) is 62.5 Å². The van der Waals surface area contributed by atoms with Crippen LogP contribution in [0.15, 0.2) is 48.6 Å². The van der Waals surface area contributed by atoms with E-state index in [-0.39, 0.29) is 32.3 Å². The second kappa shape index (κ2) is 41.6. The topological polar surface area (TPSA) is 117 Å². The number of hydrogen-bond donors (Lipinski definition) is 2. The van der Waals surface area contributed by atoms with E-state index in [1.807, 2.05) is 0 Å². The van der Waals surface area contributed by atoms with E-state index in [0.29, 0.717) is 13.0 Å². The fraction of sp³-hybridized carbons (Fsp3) is 0.795. The zero-order valence-electron chi connectivity index (χ0n) is 34.2. The zero-order valence-corrected chi connectivity index (χ0v) is 35.1. The number of unbranched alkanes of at least 4 members (excludes halogenated alkanes) is 20. The van der Waals surface area contributed by atoms with E-state index in [4.69, 9.17) is 24.3 Å². The molecule has 0 saturated heterocycles. The summed E-state index contributed by atoms with van der Waals surface area (Å²) in [4.78, 5) is 22.5. The molecule has 0 aliphatic heterocycles. The molecule has 0 aromatic heterocycles. The molecule has 0 saturated carbocycles. The van der Waals surface area contributed by atoms with Crippen LogP contribution in [0.4, 0.5) is 0 Å². The second-order valence-corrected chi connectivity index (χ2v) is 15.6. The van der Waals surface area contributed by atoms with Crippen LogP contribution in [0.5, 0.6) is 0 Å². The van der Waals surface area contributed by atoms with Crippen molar-refractivity contribution in [3.05, 3.63) is 48.6 Å². The van der Waals surface area contributed by atoms with E-state index in [0.717, 1.165) is 57.8 Å². The summed E-state index contributed by atoms with van der Waals surface area (Å²) in [7, 11) is -4.27. The molecule has 310 valence electrons. The summed E-state index contributed by atoms with van der Waals surface area (Å²) in [5.74, 6) is -0.335. The Bertz CT molecular complexity index is 952. The molecule has 0 fully saturated rings. The third-order valence-corrected chi connectivity index (χ3v) is 9.99. The van der Waals surface area contributed by atoms with Crippen LogP contribution in [0.1, 0.15) is 187 Å². The Kier molecular flexibility index (Phi) is 40.4. The van der Waals surface area contributed by atoms with Crippen molar-refractivity contribution >= 4 is 13.8 Å². The Morgan fingerprint density at radius 2 is 1.06 bits per heavy atom. The van der Waals surface area contributed by atoms with Crippen LogP contribution in [0.3, 0.4) is 0 Å². The first-order valence-electron chi connectivity index (χ1n) is 21.6. The summed E-state index contributed by atoms with van der Waals surface area (Å²) in [6, 6.07) is 0. The monoisotopic (exact) mass is 768 g/mol. The first-order chi connectivity index (χ1) is 25.9. The van der Waals surface area contributed by atoms with E-state index in [1.54, 1.807) is 0 Å². The molecular weight excluding hydrogens is 685 g/mol. The summed E-state index contributed by atoms with van der Waals surface area (Å²) in [6.07, 6.45) is 48.4. The number of nitrogens with two attached hydrogens (primary N) is 1. The standard InChI is InChI=1S/C44H82NO7P/c1-3-5-7-9-11-13-15-16-17-18-19-20-21-22-23-24-25-26-27-29-31-33-35-37-44(46)52-43(42-51-53(47,48)50-40-38-45)41-49-39-36-34-32-30-28-14-12-10-8-6-4-2/h5,7,11,13,16-17,19-20,43H,3-4,6,8-10,12,14-15,18,21-42,45H2,1-2H3,(H,47,48)/b7-5-,13-11-,17-16-,20-19-. The fourth-order valence-corrected chi connectivity index (χ4v) is 6.64. The number of rotatable bonds is 41. The molecule has 53 heavy (non-hydrogen) atoms. The maximum Gasteiger partial charge on any atom is 0.472 e. The predicted octanol–water partition coefficient (Wildman–Crippen LogP) is 12.8. The van der Waals surface area contributed by atoms with Crippen molar-refractivity contribution in [1.82, 2.24) is 0 Å². The summed E-state index contributed by atoms with van der Waals surface area (Å²) >= 11 is 0. The van der Waals surface area contributed by atoms with Crippen LogP contribution in [0.25, 0.3) is 0 Å². The van der Waals surface area contributed by atoms with Crippen molar-refractivity contribution in [2.45, 2.75) is 193 Å². The first kappa shape index (κ1) is 51.5. The normalized spacial score (nSPS) is 14.0. The highest BCUT2D eigenvalue weighted by Gasteiger charge is 2.25. The van der Waals surface area contributed by atoms with Crippen LogP contribution >= 0.6 is 7.82 Å². The van der Waals surface area contributed by atoms with Crippen molar-refractivity contribution < 1.29 is 32.8 Å². The van der Waals surface area contributed by atoms with Gasteiger partial charge in [0.1, 0.15) is 6.10 Å². The van der Waals surface area contributed by atoms with Crippen LogP contribution in [-0.2, 0) is 27.9 Å². The highest BCUT2D eigenvalue weighted by molar-refractivity contribution is 7.47. The molecule has 0 spiro atoms. The molecule has 8 nitrogen and oxygen atoms in total. The van der Waals surface area contributed by atoms with Crippen molar-refractivity contribution in [3.8, 4) is 0 Å². The van der Waals surface area contributed by atoms with Crippen LogP contribution in [0.2, 0.25) is 0 Å². The fourth-order valence-electron chi connectivity index (χ4n) is 5.87. The average Bonchev–Trinajstić information content (AvgIpc) is 3.15. The number of carbonyl (C=O) groups is 1. The van der Waals surface area contributed by atoms with E-state index < -0.39 is 13.9 Å². The summed E-state index contributed by atoms with van der Waals surface area (Å²) < 4.78 is 33.4. The molecule has 9 heteroatoms. The quantitative estimate of drug-likeness (QED) is 0.0273. The van der Waals surface area contributed by atoms with E-state index >= 15 is 0 Å². The molecule has 0 aliphatic carbocycles. The molecule has 0 radical (unpaired) electrons. The van der Waals surface area contributed by atoms with Gasteiger partial charge < -0.3 is 20.1 Å². The van der Waals surface area contributed by atoms with Gasteiger partial charge in [0, 0.05) is 19.6 Å². The lowest BCUT2D eigenvalue weighted by Gasteiger charge is -2.20.